The van der Waals surface area contributed by atoms with E-state index in [1.54, 1.807) is 12.4 Å². The zero-order valence-corrected chi connectivity index (χ0v) is 10.0. The van der Waals surface area contributed by atoms with Crippen LogP contribution in [0.3, 0.4) is 0 Å². The minimum Gasteiger partial charge on any atom is -0.384 e. The summed E-state index contributed by atoms with van der Waals surface area (Å²) >= 11 is 0. The molecule has 1 N–H and O–H groups in total. The predicted octanol–water partition coefficient (Wildman–Crippen LogP) is 3.12. The van der Waals surface area contributed by atoms with Crippen molar-refractivity contribution >= 4 is 0 Å². The summed E-state index contributed by atoms with van der Waals surface area (Å²) in [6.07, 6.45) is 5.02. The van der Waals surface area contributed by atoms with Crippen molar-refractivity contribution in [3.63, 3.8) is 0 Å². The molecule has 17 heavy (non-hydrogen) atoms. The lowest BCUT2D eigenvalue weighted by atomic mass is 9.99. The topological polar surface area (TPSA) is 33.1 Å². The molecular weight excluding hydrogens is 210 g/mol. The zero-order chi connectivity index (χ0) is 12.1. The van der Waals surface area contributed by atoms with Gasteiger partial charge in [-0.1, -0.05) is 37.6 Å². The Morgan fingerprint density at radius 3 is 2.59 bits per heavy atom. The van der Waals surface area contributed by atoms with E-state index in [1.807, 2.05) is 24.3 Å². The van der Waals surface area contributed by atoms with E-state index in [0.717, 1.165) is 24.0 Å². The molecule has 1 heterocycles. The average molecular weight is 227 g/mol. The third-order valence-electron chi connectivity index (χ3n) is 2.83. The molecule has 1 aromatic heterocycles. The van der Waals surface area contributed by atoms with Crippen LogP contribution < -0.4 is 0 Å². The molecule has 1 atom stereocenters. The number of hydrogen-bond donors (Lipinski definition) is 1. The summed E-state index contributed by atoms with van der Waals surface area (Å²) in [5, 5.41) is 10.3. The van der Waals surface area contributed by atoms with E-state index in [0.29, 0.717) is 0 Å². The maximum Gasteiger partial charge on any atom is 0.104 e. The Balaban J connectivity index is 2.25. The Hall–Kier alpha value is -1.67. The van der Waals surface area contributed by atoms with Crippen LogP contribution in [0.4, 0.5) is 0 Å². The van der Waals surface area contributed by atoms with Crippen LogP contribution in [0.5, 0.6) is 0 Å². The van der Waals surface area contributed by atoms with Gasteiger partial charge in [0.05, 0.1) is 0 Å². The third kappa shape index (κ3) is 2.92. The van der Waals surface area contributed by atoms with Crippen molar-refractivity contribution in [3.8, 4) is 0 Å². The van der Waals surface area contributed by atoms with Crippen LogP contribution in [0.2, 0.25) is 0 Å². The summed E-state index contributed by atoms with van der Waals surface area (Å²) in [6, 6.07) is 11.8. The zero-order valence-electron chi connectivity index (χ0n) is 10.0. The summed E-state index contributed by atoms with van der Waals surface area (Å²) in [7, 11) is 0. The monoisotopic (exact) mass is 227 g/mol. The number of pyridine rings is 1. The van der Waals surface area contributed by atoms with E-state index in [4.69, 9.17) is 0 Å². The molecule has 2 nitrogen and oxygen atoms in total. The van der Waals surface area contributed by atoms with Crippen molar-refractivity contribution in [2.24, 2.45) is 0 Å². The first-order valence-corrected chi connectivity index (χ1v) is 5.98. The second kappa shape index (κ2) is 5.60. The number of hydrogen-bond acceptors (Lipinski definition) is 2. The highest BCUT2D eigenvalue weighted by molar-refractivity contribution is 5.31. The molecule has 2 aromatic rings. The summed E-state index contributed by atoms with van der Waals surface area (Å²) in [6.45, 7) is 2.16. The molecule has 0 saturated carbocycles. The van der Waals surface area contributed by atoms with Gasteiger partial charge in [-0.05, 0) is 35.2 Å². The minimum atomic E-state index is -0.560. The average Bonchev–Trinajstić information content (AvgIpc) is 2.40. The predicted molar refractivity (Wildman–Crippen MR) is 68.7 cm³/mol. The fraction of sp³-hybridized carbons (Fsp3) is 0.267. The number of rotatable bonds is 4. The van der Waals surface area contributed by atoms with Crippen LogP contribution in [0, 0.1) is 0 Å². The first-order valence-electron chi connectivity index (χ1n) is 5.98. The van der Waals surface area contributed by atoms with Gasteiger partial charge in [0.2, 0.25) is 0 Å². The summed E-state index contributed by atoms with van der Waals surface area (Å²) in [5.41, 5.74) is 3.11. The van der Waals surface area contributed by atoms with Gasteiger partial charge in [-0.2, -0.15) is 0 Å². The van der Waals surface area contributed by atoms with Gasteiger partial charge in [0, 0.05) is 12.4 Å². The highest BCUT2D eigenvalue weighted by Crippen LogP contribution is 2.22. The van der Waals surface area contributed by atoms with E-state index in [2.05, 4.69) is 24.0 Å². The van der Waals surface area contributed by atoms with Gasteiger partial charge in [-0.3, -0.25) is 4.98 Å². The number of nitrogens with zero attached hydrogens (tertiary/aromatic N) is 1. The first-order chi connectivity index (χ1) is 8.31. The van der Waals surface area contributed by atoms with Crippen molar-refractivity contribution in [2.75, 3.05) is 0 Å². The standard InChI is InChI=1S/C15H17NO/c1-2-4-12-5-3-6-14(11-12)15(17)13-7-9-16-10-8-13/h3,5-11,15,17H,2,4H2,1H3. The van der Waals surface area contributed by atoms with Gasteiger partial charge in [-0.25, -0.2) is 0 Å². The normalized spacial score (nSPS) is 12.4. The Labute approximate surface area is 102 Å². The van der Waals surface area contributed by atoms with Crippen LogP contribution in [-0.2, 0) is 6.42 Å². The molecule has 88 valence electrons. The second-order valence-electron chi connectivity index (χ2n) is 4.18. The molecule has 1 unspecified atom stereocenters. The number of aliphatic hydroxyl groups excluding tert-OH is 1. The van der Waals surface area contributed by atoms with Gasteiger partial charge in [0.15, 0.2) is 0 Å². The maximum atomic E-state index is 10.3. The lowest BCUT2D eigenvalue weighted by Crippen LogP contribution is -2.00. The van der Waals surface area contributed by atoms with Crippen molar-refractivity contribution in [1.29, 1.82) is 0 Å². The van der Waals surface area contributed by atoms with Crippen molar-refractivity contribution in [2.45, 2.75) is 25.9 Å². The molecular formula is C15H17NO. The Bertz CT molecular complexity index is 467. The molecule has 2 rings (SSSR count). The maximum absolute atomic E-state index is 10.3. The van der Waals surface area contributed by atoms with E-state index in [1.165, 1.54) is 5.56 Å². The molecule has 0 radical (unpaired) electrons. The molecule has 0 aliphatic carbocycles. The fourth-order valence-electron chi connectivity index (χ4n) is 1.95. The Morgan fingerprint density at radius 1 is 1.12 bits per heavy atom. The van der Waals surface area contributed by atoms with Crippen molar-refractivity contribution in [3.05, 3.63) is 65.5 Å². The van der Waals surface area contributed by atoms with Gasteiger partial charge in [0.1, 0.15) is 6.10 Å². The SMILES string of the molecule is CCCc1cccc(C(O)c2ccncc2)c1. The van der Waals surface area contributed by atoms with Crippen LogP contribution in [0.1, 0.15) is 36.1 Å². The second-order valence-corrected chi connectivity index (χ2v) is 4.18. The van der Waals surface area contributed by atoms with E-state index < -0.39 is 6.10 Å². The molecule has 0 aliphatic rings. The van der Waals surface area contributed by atoms with Crippen LogP contribution in [0.25, 0.3) is 0 Å². The smallest absolute Gasteiger partial charge is 0.104 e. The highest BCUT2D eigenvalue weighted by atomic mass is 16.3. The summed E-state index contributed by atoms with van der Waals surface area (Å²) in [4.78, 5) is 3.96. The molecule has 0 bridgehead atoms. The van der Waals surface area contributed by atoms with Gasteiger partial charge < -0.3 is 5.11 Å². The Kier molecular flexibility index (Phi) is 3.89. The van der Waals surface area contributed by atoms with Gasteiger partial charge in [-0.15, -0.1) is 0 Å². The Morgan fingerprint density at radius 2 is 1.88 bits per heavy atom. The molecule has 1 aromatic carbocycles. The van der Waals surface area contributed by atoms with Crippen LogP contribution >= 0.6 is 0 Å². The minimum absolute atomic E-state index is 0.560. The van der Waals surface area contributed by atoms with E-state index in [9.17, 15) is 5.11 Å². The van der Waals surface area contributed by atoms with Crippen LogP contribution in [0.15, 0.2) is 48.8 Å². The number of aromatic nitrogens is 1. The number of benzene rings is 1. The van der Waals surface area contributed by atoms with E-state index >= 15 is 0 Å². The van der Waals surface area contributed by atoms with Gasteiger partial charge >= 0.3 is 0 Å². The molecule has 0 saturated heterocycles. The van der Waals surface area contributed by atoms with Crippen LogP contribution in [-0.4, -0.2) is 10.1 Å². The third-order valence-corrected chi connectivity index (χ3v) is 2.83. The van der Waals surface area contributed by atoms with E-state index in [-0.39, 0.29) is 0 Å². The van der Waals surface area contributed by atoms with Crippen molar-refractivity contribution < 1.29 is 5.11 Å². The molecule has 0 aliphatic heterocycles. The highest BCUT2D eigenvalue weighted by Gasteiger charge is 2.09. The lowest BCUT2D eigenvalue weighted by molar-refractivity contribution is 0.220. The molecule has 2 heteroatoms. The summed E-state index contributed by atoms with van der Waals surface area (Å²) in [5.74, 6) is 0. The number of aryl methyl sites for hydroxylation is 1. The molecule has 0 amide bonds. The van der Waals surface area contributed by atoms with Crippen molar-refractivity contribution in [1.82, 2.24) is 4.98 Å². The first kappa shape index (κ1) is 11.8. The number of aliphatic hydroxyl groups is 1. The summed E-state index contributed by atoms with van der Waals surface area (Å²) < 4.78 is 0. The lowest BCUT2D eigenvalue weighted by Gasteiger charge is -2.12. The molecule has 0 spiro atoms. The fourth-order valence-corrected chi connectivity index (χ4v) is 1.95. The quantitative estimate of drug-likeness (QED) is 0.870. The molecule has 0 fully saturated rings. The van der Waals surface area contributed by atoms with Gasteiger partial charge in [0.25, 0.3) is 0 Å². The largest absolute Gasteiger partial charge is 0.384 e.